The number of benzene rings is 1. The molecular weight excluding hydrogens is 466 g/mol. The Balaban J connectivity index is 1.25. The second-order valence-corrected chi connectivity index (χ2v) is 10.3. The molecule has 1 saturated heterocycles. The first-order valence-electron chi connectivity index (χ1n) is 11.6. The van der Waals surface area contributed by atoms with Gasteiger partial charge in [-0.25, -0.2) is 4.68 Å². The second-order valence-electron chi connectivity index (χ2n) is 8.84. The minimum absolute atomic E-state index is 0.0817. The molecular formula is C26H28ClN5OS. The van der Waals surface area contributed by atoms with Crippen LogP contribution in [0, 0.1) is 6.92 Å². The summed E-state index contributed by atoms with van der Waals surface area (Å²) in [6.07, 6.45) is 4.79. The Morgan fingerprint density at radius 1 is 1.18 bits per heavy atom. The lowest BCUT2D eigenvalue weighted by atomic mass is 10.0. The van der Waals surface area contributed by atoms with Crippen LogP contribution < -0.4 is 0 Å². The number of piperidine rings is 1. The smallest absolute Gasteiger partial charge is 0.264 e. The number of carbonyl (C=O) groups excluding carboxylic acids is 1. The summed E-state index contributed by atoms with van der Waals surface area (Å²) in [4.78, 5) is 23.9. The molecule has 1 amide bonds. The van der Waals surface area contributed by atoms with Crippen LogP contribution in [-0.4, -0.2) is 63.2 Å². The van der Waals surface area contributed by atoms with Crippen LogP contribution in [-0.2, 0) is 6.42 Å². The molecule has 34 heavy (non-hydrogen) atoms. The van der Waals surface area contributed by atoms with Gasteiger partial charge < -0.3 is 9.80 Å². The summed E-state index contributed by atoms with van der Waals surface area (Å²) < 4.78 is 1.86. The van der Waals surface area contributed by atoms with Crippen LogP contribution in [0.2, 0.25) is 5.02 Å². The maximum absolute atomic E-state index is 13.4. The monoisotopic (exact) mass is 493 g/mol. The number of halogens is 1. The maximum Gasteiger partial charge on any atom is 0.264 e. The predicted octanol–water partition coefficient (Wildman–Crippen LogP) is 5.22. The summed E-state index contributed by atoms with van der Waals surface area (Å²) >= 11 is 7.91. The number of pyridine rings is 1. The SMILES string of the molecule is Cc1nn(-c2ccccc2Cl)c2sc(C(=O)N(C)C3CCN(CCc4ccccn4)CC3)cc12. The fraction of sp³-hybridized carbons (Fsp3) is 0.346. The number of rotatable bonds is 6. The summed E-state index contributed by atoms with van der Waals surface area (Å²) in [5, 5.41) is 6.32. The third-order valence-corrected chi connectivity index (χ3v) is 8.09. The normalized spacial score (nSPS) is 15.1. The van der Waals surface area contributed by atoms with Crippen LogP contribution >= 0.6 is 22.9 Å². The maximum atomic E-state index is 13.4. The van der Waals surface area contributed by atoms with E-state index in [1.807, 2.05) is 72.2 Å². The largest absolute Gasteiger partial charge is 0.338 e. The molecule has 0 spiro atoms. The van der Waals surface area contributed by atoms with Gasteiger partial charge in [-0.1, -0.05) is 29.8 Å². The van der Waals surface area contributed by atoms with E-state index in [9.17, 15) is 4.79 Å². The number of fused-ring (bicyclic) bond motifs is 1. The van der Waals surface area contributed by atoms with Crippen LogP contribution in [0.25, 0.3) is 15.9 Å². The lowest BCUT2D eigenvalue weighted by Gasteiger charge is -2.36. The molecule has 4 heterocycles. The Bertz CT molecular complexity index is 1290. The molecule has 0 saturated carbocycles. The summed E-state index contributed by atoms with van der Waals surface area (Å²) in [5.41, 5.74) is 2.86. The number of carbonyl (C=O) groups is 1. The summed E-state index contributed by atoms with van der Waals surface area (Å²) in [6.45, 7) is 4.99. The first kappa shape index (κ1) is 23.0. The van der Waals surface area contributed by atoms with Crippen molar-refractivity contribution in [1.82, 2.24) is 24.6 Å². The first-order valence-corrected chi connectivity index (χ1v) is 12.8. The van der Waals surface area contributed by atoms with E-state index in [0.717, 1.165) is 71.1 Å². The van der Waals surface area contributed by atoms with Crippen molar-refractivity contribution in [3.8, 4) is 5.69 Å². The van der Waals surface area contributed by atoms with Gasteiger partial charge in [0.25, 0.3) is 5.91 Å². The molecule has 3 aromatic heterocycles. The number of aromatic nitrogens is 3. The van der Waals surface area contributed by atoms with Gasteiger partial charge in [0.05, 0.1) is 21.3 Å². The number of thiophene rings is 1. The third kappa shape index (κ3) is 4.60. The molecule has 0 atom stereocenters. The topological polar surface area (TPSA) is 54.3 Å². The van der Waals surface area contributed by atoms with Gasteiger partial charge in [0.1, 0.15) is 4.83 Å². The molecule has 176 valence electrons. The minimum Gasteiger partial charge on any atom is -0.338 e. The molecule has 1 aliphatic rings. The number of amides is 1. The number of nitrogens with zero attached hydrogens (tertiary/aromatic N) is 5. The summed E-state index contributed by atoms with van der Waals surface area (Å²) in [5.74, 6) is 0.0817. The lowest BCUT2D eigenvalue weighted by molar-refractivity contribution is 0.0648. The first-order chi connectivity index (χ1) is 16.5. The van der Waals surface area contributed by atoms with Crippen molar-refractivity contribution >= 4 is 39.1 Å². The zero-order chi connectivity index (χ0) is 23.7. The van der Waals surface area contributed by atoms with Crippen molar-refractivity contribution in [2.75, 3.05) is 26.7 Å². The highest BCUT2D eigenvalue weighted by Gasteiger charge is 2.28. The van der Waals surface area contributed by atoms with E-state index >= 15 is 0 Å². The van der Waals surface area contributed by atoms with Crippen LogP contribution in [0.15, 0.2) is 54.7 Å². The number of likely N-dealkylation sites (tertiary alicyclic amines) is 1. The molecule has 0 N–H and O–H groups in total. The Morgan fingerprint density at radius 2 is 1.94 bits per heavy atom. The third-order valence-electron chi connectivity index (χ3n) is 6.67. The van der Waals surface area contributed by atoms with Crippen molar-refractivity contribution in [1.29, 1.82) is 0 Å². The molecule has 5 rings (SSSR count). The zero-order valence-corrected chi connectivity index (χ0v) is 21.0. The molecule has 1 aromatic carbocycles. The standard InChI is InChI=1S/C26H28ClN5OS/c1-18-21-17-24(34-26(21)32(29-18)23-9-4-3-8-22(23)27)25(33)30(2)20-11-15-31(16-12-20)14-10-19-7-5-6-13-28-19/h3-9,13,17,20H,10-12,14-16H2,1-2H3. The lowest BCUT2D eigenvalue weighted by Crippen LogP contribution is -2.45. The van der Waals surface area contributed by atoms with E-state index in [0.29, 0.717) is 5.02 Å². The van der Waals surface area contributed by atoms with Gasteiger partial charge in [-0.3, -0.25) is 9.78 Å². The van der Waals surface area contributed by atoms with E-state index < -0.39 is 0 Å². The molecule has 0 aliphatic carbocycles. The Hall–Kier alpha value is -2.74. The Labute approximate surface area is 208 Å². The van der Waals surface area contributed by atoms with Crippen LogP contribution in [0.4, 0.5) is 0 Å². The number of para-hydroxylation sites is 1. The van der Waals surface area contributed by atoms with Crippen molar-refractivity contribution in [3.05, 3.63) is 76.0 Å². The second kappa shape index (κ2) is 9.86. The van der Waals surface area contributed by atoms with Crippen molar-refractivity contribution in [2.45, 2.75) is 32.2 Å². The highest BCUT2D eigenvalue weighted by atomic mass is 35.5. The molecule has 8 heteroatoms. The van der Waals surface area contributed by atoms with Gasteiger partial charge in [0, 0.05) is 56.4 Å². The quantitative estimate of drug-likeness (QED) is 0.369. The number of hydrogen-bond donors (Lipinski definition) is 0. The fourth-order valence-corrected chi connectivity index (χ4v) is 6.00. The van der Waals surface area contributed by atoms with E-state index in [1.54, 1.807) is 0 Å². The molecule has 1 aliphatic heterocycles. The average molecular weight is 494 g/mol. The van der Waals surface area contributed by atoms with Crippen LogP contribution in [0.5, 0.6) is 0 Å². The summed E-state index contributed by atoms with van der Waals surface area (Å²) in [6, 6.07) is 16.0. The number of aryl methyl sites for hydroxylation is 1. The van der Waals surface area contributed by atoms with Crippen molar-refractivity contribution in [3.63, 3.8) is 0 Å². The molecule has 0 radical (unpaired) electrons. The van der Waals surface area contributed by atoms with Gasteiger partial charge in [0.15, 0.2) is 0 Å². The number of hydrogen-bond acceptors (Lipinski definition) is 5. The molecule has 1 fully saturated rings. The van der Waals surface area contributed by atoms with Gasteiger partial charge in [0.2, 0.25) is 0 Å². The van der Waals surface area contributed by atoms with Crippen LogP contribution in [0.3, 0.4) is 0 Å². The van der Waals surface area contributed by atoms with Crippen LogP contribution in [0.1, 0.15) is 33.9 Å². The molecule has 0 bridgehead atoms. The van der Waals surface area contributed by atoms with E-state index in [4.69, 9.17) is 11.6 Å². The van der Waals surface area contributed by atoms with E-state index in [-0.39, 0.29) is 11.9 Å². The van der Waals surface area contributed by atoms with E-state index in [2.05, 4.69) is 21.0 Å². The van der Waals surface area contributed by atoms with Crippen molar-refractivity contribution in [2.24, 2.45) is 0 Å². The molecule has 4 aromatic rings. The minimum atomic E-state index is 0.0817. The predicted molar refractivity (Wildman–Crippen MR) is 138 cm³/mol. The van der Waals surface area contributed by atoms with Gasteiger partial charge in [-0.2, -0.15) is 5.10 Å². The highest BCUT2D eigenvalue weighted by molar-refractivity contribution is 7.20. The Kier molecular flexibility index (Phi) is 6.68. The average Bonchev–Trinajstić information content (AvgIpc) is 3.44. The van der Waals surface area contributed by atoms with Gasteiger partial charge >= 0.3 is 0 Å². The van der Waals surface area contributed by atoms with Gasteiger partial charge in [-0.15, -0.1) is 11.3 Å². The van der Waals surface area contributed by atoms with E-state index in [1.165, 1.54) is 11.3 Å². The van der Waals surface area contributed by atoms with Crippen molar-refractivity contribution < 1.29 is 4.79 Å². The highest BCUT2D eigenvalue weighted by Crippen LogP contribution is 2.33. The Morgan fingerprint density at radius 3 is 2.68 bits per heavy atom. The summed E-state index contributed by atoms with van der Waals surface area (Å²) in [7, 11) is 1.94. The fourth-order valence-electron chi connectivity index (χ4n) is 4.63. The molecule has 6 nitrogen and oxygen atoms in total. The van der Waals surface area contributed by atoms with Gasteiger partial charge in [-0.05, 0) is 50.1 Å². The zero-order valence-electron chi connectivity index (χ0n) is 19.4. The molecule has 0 unspecified atom stereocenters.